The molecule has 0 spiro atoms. The number of hydrogen-bond acceptors (Lipinski definition) is 2. The molecule has 3 heteroatoms. The molecule has 4 aromatic rings. The average Bonchev–Trinajstić information content (AvgIpc) is 2.93. The molecule has 0 aromatic heterocycles. The summed E-state index contributed by atoms with van der Waals surface area (Å²) in [7, 11) is 0. The Hall–Kier alpha value is -2.64. The molecule has 4 aromatic carbocycles. The van der Waals surface area contributed by atoms with Gasteiger partial charge in [0.25, 0.3) is 0 Å². The van der Waals surface area contributed by atoms with Crippen LogP contribution in [0, 0.1) is 13.8 Å². The van der Waals surface area contributed by atoms with Crippen LogP contribution in [-0.4, -0.2) is 24.5 Å². The first-order valence-electron chi connectivity index (χ1n) is 12.3. The molecule has 5 rings (SSSR count). The molecule has 1 aliphatic rings. The minimum absolute atomic E-state index is 0. The molecular weight excluding hydrogens is 478 g/mol. The summed E-state index contributed by atoms with van der Waals surface area (Å²) in [4.78, 5) is 10.0. The van der Waals surface area contributed by atoms with Crippen molar-refractivity contribution < 1.29 is 19.5 Å². The Labute approximate surface area is 224 Å². The summed E-state index contributed by atoms with van der Waals surface area (Å²) < 4.78 is 0. The zero-order valence-corrected chi connectivity index (χ0v) is 24.2. The van der Waals surface area contributed by atoms with Gasteiger partial charge in [0, 0.05) is 23.6 Å². The van der Waals surface area contributed by atoms with Crippen molar-refractivity contribution in [2.75, 3.05) is 0 Å². The summed E-state index contributed by atoms with van der Waals surface area (Å²) in [6.45, 7) is 10.0. The van der Waals surface area contributed by atoms with Crippen molar-refractivity contribution in [2.24, 2.45) is 9.98 Å². The van der Waals surface area contributed by atoms with Gasteiger partial charge >= 0.3 is 19.5 Å². The van der Waals surface area contributed by atoms with Gasteiger partial charge in [0.05, 0.1) is 12.1 Å². The SMILES string of the molecule is C(=N[C@@H]1CCCC[C@H]1N=Cc1cccc2ccccc12)c1cccc2ccccc12.[CH2-]C.[CH2-]C.[Zn+2]. The molecule has 176 valence electrons. The van der Waals surface area contributed by atoms with E-state index in [1.54, 1.807) is 13.8 Å². The molecule has 2 atom stereocenters. The third kappa shape index (κ3) is 7.42. The molecule has 2 nitrogen and oxygen atoms in total. The van der Waals surface area contributed by atoms with Crippen molar-refractivity contribution in [2.45, 2.75) is 51.6 Å². The number of aliphatic imine (C=N–C) groups is 2. The van der Waals surface area contributed by atoms with Gasteiger partial charge in [-0.3, -0.25) is 9.98 Å². The molecule has 1 fully saturated rings. The predicted octanol–water partition coefficient (Wildman–Crippen LogP) is 8.52. The maximum Gasteiger partial charge on any atom is 2.00 e. The second-order valence-corrected chi connectivity index (χ2v) is 8.11. The van der Waals surface area contributed by atoms with Crippen LogP contribution in [0.15, 0.2) is 94.9 Å². The largest absolute Gasteiger partial charge is 2.00 e. The van der Waals surface area contributed by atoms with Gasteiger partial charge in [-0.25, -0.2) is 0 Å². The maximum atomic E-state index is 5.02. The Morgan fingerprint density at radius 1 is 0.571 bits per heavy atom. The van der Waals surface area contributed by atoms with Crippen LogP contribution >= 0.6 is 0 Å². The molecule has 0 unspecified atom stereocenters. The summed E-state index contributed by atoms with van der Waals surface area (Å²) in [5.74, 6) is 0. The Kier molecular flexibility index (Phi) is 12.6. The van der Waals surface area contributed by atoms with Crippen molar-refractivity contribution in [1.82, 2.24) is 0 Å². The van der Waals surface area contributed by atoms with E-state index < -0.39 is 0 Å². The standard InChI is InChI=1S/C28H26N2.2C2H5.Zn/c1-3-15-25-21(9-1)11-7-13-23(25)19-29-27-17-5-6-18-28(27)30-20-24-14-8-12-22-10-2-4-16-26(22)24;2*1-2;/h1-4,7-16,19-20,27-28H,5-6,17-18H2;2*1H2,2H3;/q;2*-1;+2/t27-,28-;;;/m1.../s1. The Bertz CT molecular complexity index is 1120. The Morgan fingerprint density at radius 2 is 0.943 bits per heavy atom. The van der Waals surface area contributed by atoms with E-state index in [-0.39, 0.29) is 31.6 Å². The molecule has 1 aliphatic carbocycles. The molecular formula is C32H36N2Zn. The van der Waals surface area contributed by atoms with E-state index in [0.29, 0.717) is 0 Å². The summed E-state index contributed by atoms with van der Waals surface area (Å²) in [6.07, 6.45) is 8.82. The summed E-state index contributed by atoms with van der Waals surface area (Å²) in [5.41, 5.74) is 2.38. The van der Waals surface area contributed by atoms with E-state index in [0.717, 1.165) is 12.8 Å². The second-order valence-electron chi connectivity index (χ2n) is 8.11. The van der Waals surface area contributed by atoms with E-state index in [2.05, 4.69) is 111 Å². The van der Waals surface area contributed by atoms with Gasteiger partial charge in [-0.15, -0.1) is 0 Å². The average molecular weight is 514 g/mol. The third-order valence-electron chi connectivity index (χ3n) is 6.15. The summed E-state index contributed by atoms with van der Waals surface area (Å²) >= 11 is 0. The molecule has 0 aliphatic heterocycles. The van der Waals surface area contributed by atoms with Crippen LogP contribution in [0.25, 0.3) is 21.5 Å². The number of nitrogens with zero attached hydrogens (tertiary/aromatic N) is 2. The number of fused-ring (bicyclic) bond motifs is 2. The van der Waals surface area contributed by atoms with Gasteiger partial charge in [0.1, 0.15) is 0 Å². The molecule has 1 saturated carbocycles. The molecule has 0 saturated heterocycles. The van der Waals surface area contributed by atoms with Gasteiger partial charge in [-0.2, -0.15) is 13.8 Å². The van der Waals surface area contributed by atoms with Gasteiger partial charge in [-0.1, -0.05) is 97.8 Å². The molecule has 0 bridgehead atoms. The minimum atomic E-state index is 0. The molecule has 0 heterocycles. The van der Waals surface area contributed by atoms with Crippen molar-refractivity contribution in [1.29, 1.82) is 0 Å². The van der Waals surface area contributed by atoms with Crippen LogP contribution in [0.5, 0.6) is 0 Å². The van der Waals surface area contributed by atoms with Crippen LogP contribution in [0.4, 0.5) is 0 Å². The predicted molar refractivity (Wildman–Crippen MR) is 151 cm³/mol. The van der Waals surface area contributed by atoms with Gasteiger partial charge < -0.3 is 13.8 Å². The van der Waals surface area contributed by atoms with Crippen molar-refractivity contribution >= 4 is 34.0 Å². The zero-order valence-electron chi connectivity index (χ0n) is 21.2. The quantitative estimate of drug-likeness (QED) is 0.148. The fourth-order valence-corrected chi connectivity index (χ4v) is 4.52. The second kappa shape index (κ2) is 15.4. The van der Waals surface area contributed by atoms with Crippen molar-refractivity contribution in [3.05, 3.63) is 110 Å². The van der Waals surface area contributed by atoms with Crippen molar-refractivity contribution in [3.63, 3.8) is 0 Å². The zero-order chi connectivity index (χ0) is 24.2. The Morgan fingerprint density at radius 3 is 1.37 bits per heavy atom. The van der Waals surface area contributed by atoms with Crippen LogP contribution in [-0.2, 0) is 19.5 Å². The number of benzene rings is 4. The molecule has 0 radical (unpaired) electrons. The fourth-order valence-electron chi connectivity index (χ4n) is 4.52. The van der Waals surface area contributed by atoms with Gasteiger partial charge in [0.2, 0.25) is 0 Å². The smallest absolute Gasteiger partial charge is 0.346 e. The first-order chi connectivity index (χ1) is 16.9. The van der Waals surface area contributed by atoms with Crippen LogP contribution < -0.4 is 0 Å². The van der Waals surface area contributed by atoms with E-state index in [1.165, 1.54) is 45.5 Å². The summed E-state index contributed by atoms with van der Waals surface area (Å²) in [6, 6.07) is 30.4. The fraction of sp³-hybridized carbons (Fsp3) is 0.250. The molecule has 0 amide bonds. The van der Waals surface area contributed by atoms with E-state index >= 15 is 0 Å². The monoisotopic (exact) mass is 512 g/mol. The van der Waals surface area contributed by atoms with Crippen LogP contribution in [0.1, 0.15) is 50.7 Å². The van der Waals surface area contributed by atoms with E-state index in [4.69, 9.17) is 9.98 Å². The normalized spacial score (nSPS) is 17.4. The maximum absolute atomic E-state index is 5.02. The topological polar surface area (TPSA) is 24.7 Å². The minimum Gasteiger partial charge on any atom is -0.346 e. The molecule has 35 heavy (non-hydrogen) atoms. The van der Waals surface area contributed by atoms with Gasteiger partial charge in [-0.05, 0) is 34.4 Å². The van der Waals surface area contributed by atoms with E-state index in [1.807, 2.05) is 0 Å². The first kappa shape index (κ1) is 28.6. The van der Waals surface area contributed by atoms with Gasteiger partial charge in [0.15, 0.2) is 0 Å². The van der Waals surface area contributed by atoms with Crippen LogP contribution in [0.3, 0.4) is 0 Å². The third-order valence-corrected chi connectivity index (χ3v) is 6.15. The van der Waals surface area contributed by atoms with E-state index in [9.17, 15) is 0 Å². The number of rotatable bonds is 4. The summed E-state index contributed by atoms with van der Waals surface area (Å²) in [5, 5.41) is 5.04. The Balaban J connectivity index is 0.000000823. The van der Waals surface area contributed by atoms with Crippen LogP contribution in [0.2, 0.25) is 0 Å². The van der Waals surface area contributed by atoms with Crippen molar-refractivity contribution in [3.8, 4) is 0 Å². The molecule has 0 N–H and O–H groups in total. The first-order valence-corrected chi connectivity index (χ1v) is 12.3. The number of hydrogen-bond donors (Lipinski definition) is 0.